The summed E-state index contributed by atoms with van der Waals surface area (Å²) >= 11 is 0. The van der Waals surface area contributed by atoms with Crippen LogP contribution < -0.4 is 16.6 Å². The van der Waals surface area contributed by atoms with Crippen molar-refractivity contribution in [1.82, 2.24) is 24.8 Å². The molecule has 1 saturated heterocycles. The fourth-order valence-corrected chi connectivity index (χ4v) is 4.38. The van der Waals surface area contributed by atoms with Gasteiger partial charge >= 0.3 is 5.69 Å². The Morgan fingerprint density at radius 2 is 1.86 bits per heavy atom. The summed E-state index contributed by atoms with van der Waals surface area (Å²) in [6, 6.07) is 11.2. The number of aromatic amines is 1. The normalized spacial score (nSPS) is 18.1. The molecule has 2 aromatic heterocycles. The van der Waals surface area contributed by atoms with Crippen molar-refractivity contribution in [2.75, 3.05) is 6.54 Å². The summed E-state index contributed by atoms with van der Waals surface area (Å²) in [4.78, 5) is 56.8. The van der Waals surface area contributed by atoms with Crippen molar-refractivity contribution in [3.8, 4) is 0 Å². The minimum Gasteiger partial charge on any atom is -0.342 e. The first kappa shape index (κ1) is 25.9. The van der Waals surface area contributed by atoms with E-state index < -0.39 is 53.8 Å². The molecule has 3 unspecified atom stereocenters. The van der Waals surface area contributed by atoms with Gasteiger partial charge in [-0.2, -0.15) is 4.39 Å². The van der Waals surface area contributed by atoms with E-state index in [-0.39, 0.29) is 24.6 Å². The third-order valence-electron chi connectivity index (χ3n) is 6.31. The first-order valence-electron chi connectivity index (χ1n) is 11.9. The number of amides is 2. The zero-order valence-corrected chi connectivity index (χ0v) is 20.4. The number of carbonyl (C=O) groups excluding carboxylic acids is 2. The number of pyridine rings is 1. The molecule has 0 bridgehead atoms. The third-order valence-corrected chi connectivity index (χ3v) is 6.31. The van der Waals surface area contributed by atoms with Crippen LogP contribution in [0.2, 0.25) is 0 Å². The van der Waals surface area contributed by atoms with Crippen LogP contribution in [0.15, 0.2) is 64.3 Å². The molecule has 1 aromatic carbocycles. The van der Waals surface area contributed by atoms with Crippen molar-refractivity contribution in [1.29, 1.82) is 0 Å². The van der Waals surface area contributed by atoms with Gasteiger partial charge < -0.3 is 10.2 Å². The van der Waals surface area contributed by atoms with Crippen molar-refractivity contribution in [2.45, 2.75) is 51.0 Å². The fraction of sp³-hybridized carbons (Fsp3) is 0.346. The zero-order valence-electron chi connectivity index (χ0n) is 20.4. The van der Waals surface area contributed by atoms with Crippen LogP contribution in [0.1, 0.15) is 49.0 Å². The Balaban J connectivity index is 1.59. The standard InChI is InChI=1S/C26H27F2N5O4/c1-15(2)18-8-9-19(29-24(18)28)23(16-6-4-3-5-7-16)31-25(36)20-12-17(27)13-33(20)22(35)14-32-11-10-21(34)30-26(32)37/h3-11,15,17,20,23H,12-14H2,1-2H3,(H,31,36)(H,30,34,37). The van der Waals surface area contributed by atoms with Crippen LogP contribution in [0.25, 0.3) is 0 Å². The molecule has 9 nitrogen and oxygen atoms in total. The van der Waals surface area contributed by atoms with Crippen LogP contribution in [0.4, 0.5) is 8.78 Å². The number of aromatic nitrogens is 3. The lowest BCUT2D eigenvalue weighted by molar-refractivity contribution is -0.139. The van der Waals surface area contributed by atoms with Gasteiger partial charge in [0.25, 0.3) is 5.56 Å². The van der Waals surface area contributed by atoms with Crippen molar-refractivity contribution >= 4 is 11.8 Å². The Hall–Kier alpha value is -4.15. The van der Waals surface area contributed by atoms with Gasteiger partial charge in [0.1, 0.15) is 18.8 Å². The van der Waals surface area contributed by atoms with E-state index in [1.165, 1.54) is 0 Å². The number of rotatable bonds is 7. The number of hydrogen-bond donors (Lipinski definition) is 2. The summed E-state index contributed by atoms with van der Waals surface area (Å²) < 4.78 is 30.1. The monoisotopic (exact) mass is 511 g/mol. The van der Waals surface area contributed by atoms with Gasteiger partial charge in [0.15, 0.2) is 0 Å². The number of halogens is 2. The van der Waals surface area contributed by atoms with Crippen LogP contribution in [0.3, 0.4) is 0 Å². The maximum Gasteiger partial charge on any atom is 0.328 e. The molecule has 3 atom stereocenters. The van der Waals surface area contributed by atoms with Gasteiger partial charge in [-0.25, -0.2) is 14.2 Å². The van der Waals surface area contributed by atoms with Gasteiger partial charge in [-0.15, -0.1) is 0 Å². The summed E-state index contributed by atoms with van der Waals surface area (Å²) in [5.74, 6) is -2.01. The molecule has 1 fully saturated rings. The second-order valence-corrected chi connectivity index (χ2v) is 9.26. The summed E-state index contributed by atoms with van der Waals surface area (Å²) in [6.07, 6.45) is -0.514. The van der Waals surface area contributed by atoms with Crippen LogP contribution in [-0.2, 0) is 16.1 Å². The molecule has 4 rings (SSSR count). The smallest absolute Gasteiger partial charge is 0.328 e. The Labute approximate surface area is 211 Å². The molecule has 1 aliphatic rings. The van der Waals surface area contributed by atoms with Crippen LogP contribution in [0.5, 0.6) is 0 Å². The average Bonchev–Trinajstić information content (AvgIpc) is 3.26. The first-order chi connectivity index (χ1) is 17.6. The van der Waals surface area contributed by atoms with Crippen molar-refractivity contribution in [2.24, 2.45) is 0 Å². The number of likely N-dealkylation sites (tertiary alicyclic amines) is 1. The molecule has 194 valence electrons. The number of nitrogens with one attached hydrogen (secondary N) is 2. The minimum absolute atomic E-state index is 0.0826. The van der Waals surface area contributed by atoms with E-state index in [1.54, 1.807) is 42.5 Å². The Kier molecular flexibility index (Phi) is 7.61. The van der Waals surface area contributed by atoms with E-state index in [2.05, 4.69) is 10.3 Å². The second kappa shape index (κ2) is 10.9. The van der Waals surface area contributed by atoms with Crippen LogP contribution in [-0.4, -0.2) is 50.0 Å². The topological polar surface area (TPSA) is 117 Å². The summed E-state index contributed by atoms with van der Waals surface area (Å²) in [7, 11) is 0. The molecule has 37 heavy (non-hydrogen) atoms. The van der Waals surface area contributed by atoms with Gasteiger partial charge in [-0.05, 0) is 17.5 Å². The molecule has 3 aromatic rings. The Morgan fingerprint density at radius 3 is 2.51 bits per heavy atom. The van der Waals surface area contributed by atoms with E-state index in [0.29, 0.717) is 11.1 Å². The lowest BCUT2D eigenvalue weighted by atomic mass is 9.99. The predicted molar refractivity (Wildman–Crippen MR) is 131 cm³/mol. The third kappa shape index (κ3) is 5.82. The lowest BCUT2D eigenvalue weighted by Gasteiger charge is -2.27. The van der Waals surface area contributed by atoms with E-state index in [4.69, 9.17) is 0 Å². The summed E-state index contributed by atoms with van der Waals surface area (Å²) in [5.41, 5.74) is -0.0806. The van der Waals surface area contributed by atoms with Crippen molar-refractivity contribution < 1.29 is 18.4 Å². The van der Waals surface area contributed by atoms with Gasteiger partial charge in [0.2, 0.25) is 17.8 Å². The first-order valence-corrected chi connectivity index (χ1v) is 11.9. The van der Waals surface area contributed by atoms with E-state index in [0.717, 1.165) is 21.7 Å². The largest absolute Gasteiger partial charge is 0.342 e. The number of hydrogen-bond acceptors (Lipinski definition) is 5. The predicted octanol–water partition coefficient (Wildman–Crippen LogP) is 2.04. The van der Waals surface area contributed by atoms with Crippen molar-refractivity contribution in [3.63, 3.8) is 0 Å². The highest BCUT2D eigenvalue weighted by Crippen LogP contribution is 2.26. The van der Waals surface area contributed by atoms with Gasteiger partial charge in [-0.1, -0.05) is 50.2 Å². The Morgan fingerprint density at radius 1 is 1.14 bits per heavy atom. The number of nitrogens with zero attached hydrogens (tertiary/aromatic N) is 3. The highest BCUT2D eigenvalue weighted by Gasteiger charge is 2.40. The molecule has 2 amide bonds. The highest BCUT2D eigenvalue weighted by atomic mass is 19.1. The average molecular weight is 512 g/mol. The van der Waals surface area contributed by atoms with E-state index in [1.807, 2.05) is 18.8 Å². The van der Waals surface area contributed by atoms with Gasteiger partial charge in [-0.3, -0.25) is 23.9 Å². The number of carbonyl (C=O) groups is 2. The maximum absolute atomic E-state index is 14.7. The van der Waals surface area contributed by atoms with E-state index in [9.17, 15) is 28.0 Å². The van der Waals surface area contributed by atoms with Gasteiger partial charge in [0.05, 0.1) is 18.3 Å². The molecule has 3 heterocycles. The molecule has 0 saturated carbocycles. The molecule has 0 radical (unpaired) electrons. The molecule has 1 aliphatic heterocycles. The quantitative estimate of drug-likeness (QED) is 0.471. The molecule has 0 spiro atoms. The van der Waals surface area contributed by atoms with E-state index >= 15 is 0 Å². The van der Waals surface area contributed by atoms with Crippen molar-refractivity contribution in [3.05, 3.63) is 98.3 Å². The molecular weight excluding hydrogens is 484 g/mol. The Bertz CT molecular complexity index is 1410. The summed E-state index contributed by atoms with van der Waals surface area (Å²) in [6.45, 7) is 2.89. The minimum atomic E-state index is -1.44. The summed E-state index contributed by atoms with van der Waals surface area (Å²) in [5, 5.41) is 2.81. The zero-order chi connectivity index (χ0) is 26.7. The maximum atomic E-state index is 14.7. The second-order valence-electron chi connectivity index (χ2n) is 9.26. The number of alkyl halides is 1. The molecular formula is C26H27F2N5O4. The van der Waals surface area contributed by atoms with Crippen LogP contribution in [0, 0.1) is 5.95 Å². The molecule has 2 N–H and O–H groups in total. The molecule has 11 heteroatoms. The number of benzene rings is 1. The fourth-order valence-electron chi connectivity index (χ4n) is 4.38. The lowest BCUT2D eigenvalue weighted by Crippen LogP contribution is -2.48. The number of H-pyrrole nitrogens is 1. The van der Waals surface area contributed by atoms with Crippen LogP contribution >= 0.6 is 0 Å². The highest BCUT2D eigenvalue weighted by molar-refractivity contribution is 5.88. The molecule has 0 aliphatic carbocycles. The SMILES string of the molecule is CC(C)c1ccc(C(NC(=O)C2CC(F)CN2C(=O)Cn2ccc(=O)[nH]c2=O)c2ccccc2)nc1F. The van der Waals surface area contributed by atoms with Gasteiger partial charge in [0, 0.05) is 24.2 Å².